The first-order valence-electron chi connectivity index (χ1n) is 6.01. The zero-order valence-corrected chi connectivity index (χ0v) is 9.60. The van der Waals surface area contributed by atoms with Gasteiger partial charge in [0.1, 0.15) is 0 Å². The Bertz CT molecular complexity index is 295. The highest BCUT2D eigenvalue weighted by atomic mass is 15.5. The molecule has 0 amide bonds. The van der Waals surface area contributed by atoms with Crippen molar-refractivity contribution in [2.75, 3.05) is 19.6 Å². The summed E-state index contributed by atoms with van der Waals surface area (Å²) in [5.41, 5.74) is 10.5. The summed E-state index contributed by atoms with van der Waals surface area (Å²) in [6.45, 7) is 2.84. The number of piperidine rings is 1. The van der Waals surface area contributed by atoms with Crippen LogP contribution in [0.25, 0.3) is 0 Å². The van der Waals surface area contributed by atoms with Gasteiger partial charge >= 0.3 is 0 Å². The molecule has 1 aromatic rings. The Morgan fingerprint density at radius 3 is 2.81 bits per heavy atom. The Hall–Kier alpha value is -0.970. The molecule has 4 heteroatoms. The zero-order chi connectivity index (χ0) is 11.2. The van der Waals surface area contributed by atoms with E-state index in [1.807, 2.05) is 12.3 Å². The van der Waals surface area contributed by atoms with Gasteiger partial charge in [-0.3, -0.25) is 4.98 Å². The van der Waals surface area contributed by atoms with Crippen LogP contribution in [-0.4, -0.2) is 29.6 Å². The van der Waals surface area contributed by atoms with Crippen molar-refractivity contribution in [1.82, 2.24) is 15.4 Å². The third-order valence-electron chi connectivity index (χ3n) is 3.02. The van der Waals surface area contributed by atoms with Crippen LogP contribution in [0.4, 0.5) is 0 Å². The van der Waals surface area contributed by atoms with Crippen LogP contribution >= 0.6 is 0 Å². The summed E-state index contributed by atoms with van der Waals surface area (Å²) in [5.74, 6) is 0. The molecule has 2 rings (SSSR count). The molecule has 0 spiro atoms. The predicted molar refractivity (Wildman–Crippen MR) is 64.6 cm³/mol. The maximum absolute atomic E-state index is 5.81. The van der Waals surface area contributed by atoms with Gasteiger partial charge < -0.3 is 5.73 Å². The third kappa shape index (κ3) is 3.01. The van der Waals surface area contributed by atoms with Gasteiger partial charge in [0.05, 0.1) is 6.04 Å². The second kappa shape index (κ2) is 5.94. The fraction of sp³-hybridized carbons (Fsp3) is 0.583. The Morgan fingerprint density at radius 2 is 2.19 bits per heavy atom. The molecule has 16 heavy (non-hydrogen) atoms. The fourth-order valence-electron chi connectivity index (χ4n) is 2.09. The van der Waals surface area contributed by atoms with E-state index in [9.17, 15) is 0 Å². The van der Waals surface area contributed by atoms with E-state index in [-0.39, 0.29) is 6.04 Å². The van der Waals surface area contributed by atoms with Crippen LogP contribution in [0.1, 0.15) is 30.9 Å². The van der Waals surface area contributed by atoms with E-state index >= 15 is 0 Å². The highest BCUT2D eigenvalue weighted by Crippen LogP contribution is 2.13. The van der Waals surface area contributed by atoms with Crippen LogP contribution in [0.15, 0.2) is 24.5 Å². The lowest BCUT2D eigenvalue weighted by atomic mass is 10.1. The molecule has 1 aliphatic rings. The van der Waals surface area contributed by atoms with Crippen molar-refractivity contribution >= 4 is 0 Å². The second-order valence-corrected chi connectivity index (χ2v) is 4.25. The molecular formula is C12H20N4. The Balaban J connectivity index is 1.94. The summed E-state index contributed by atoms with van der Waals surface area (Å²) in [7, 11) is 0. The van der Waals surface area contributed by atoms with Gasteiger partial charge in [-0.15, -0.1) is 0 Å². The normalized spacial score (nSPS) is 19.6. The predicted octanol–water partition coefficient (Wildman–Crippen LogP) is 1.07. The average molecular weight is 220 g/mol. The average Bonchev–Trinajstić information content (AvgIpc) is 2.38. The molecule has 88 valence electrons. The van der Waals surface area contributed by atoms with Gasteiger partial charge in [0.2, 0.25) is 0 Å². The summed E-state index contributed by atoms with van der Waals surface area (Å²) in [5, 5.41) is 2.29. The number of nitrogens with two attached hydrogens (primary N) is 1. The standard InChI is InChI=1S/C12H20N4/c13-9-12(11-5-4-6-14-10-11)15-16-7-2-1-3-8-16/h4-6,10,12,15H,1-3,7-9,13H2. The Labute approximate surface area is 96.8 Å². The lowest BCUT2D eigenvalue weighted by molar-refractivity contribution is 0.130. The topological polar surface area (TPSA) is 54.2 Å². The molecule has 1 unspecified atom stereocenters. The summed E-state index contributed by atoms with van der Waals surface area (Å²) < 4.78 is 0. The molecule has 0 bridgehead atoms. The molecule has 0 saturated carbocycles. The SMILES string of the molecule is NCC(NN1CCCCC1)c1cccnc1. The third-order valence-corrected chi connectivity index (χ3v) is 3.02. The van der Waals surface area contributed by atoms with Crippen LogP contribution in [0.5, 0.6) is 0 Å². The number of pyridine rings is 1. The number of hydrogen-bond donors (Lipinski definition) is 2. The van der Waals surface area contributed by atoms with E-state index in [0.29, 0.717) is 6.54 Å². The quantitative estimate of drug-likeness (QED) is 0.797. The van der Waals surface area contributed by atoms with Crippen LogP contribution in [0, 0.1) is 0 Å². The fourth-order valence-corrected chi connectivity index (χ4v) is 2.09. The first-order chi connectivity index (χ1) is 7.90. The van der Waals surface area contributed by atoms with Crippen molar-refractivity contribution in [3.05, 3.63) is 30.1 Å². The number of nitrogens with one attached hydrogen (secondary N) is 1. The zero-order valence-electron chi connectivity index (χ0n) is 9.60. The molecule has 1 saturated heterocycles. The minimum atomic E-state index is 0.187. The minimum absolute atomic E-state index is 0.187. The lowest BCUT2D eigenvalue weighted by Crippen LogP contribution is -2.45. The van der Waals surface area contributed by atoms with Crippen molar-refractivity contribution in [2.24, 2.45) is 5.73 Å². The first kappa shape index (κ1) is 11.5. The van der Waals surface area contributed by atoms with E-state index in [1.54, 1.807) is 6.20 Å². The maximum Gasteiger partial charge on any atom is 0.0602 e. The number of rotatable bonds is 4. The second-order valence-electron chi connectivity index (χ2n) is 4.25. The van der Waals surface area contributed by atoms with Crippen LogP contribution in [-0.2, 0) is 0 Å². The van der Waals surface area contributed by atoms with Gasteiger partial charge in [-0.2, -0.15) is 0 Å². The summed E-state index contributed by atoms with van der Waals surface area (Å²) >= 11 is 0. The van der Waals surface area contributed by atoms with Gasteiger partial charge in [-0.1, -0.05) is 12.5 Å². The van der Waals surface area contributed by atoms with Gasteiger partial charge in [0.25, 0.3) is 0 Å². The van der Waals surface area contributed by atoms with Gasteiger partial charge in [0, 0.05) is 32.0 Å². The number of hydrazine groups is 1. The lowest BCUT2D eigenvalue weighted by Gasteiger charge is -2.31. The number of hydrogen-bond acceptors (Lipinski definition) is 4. The highest BCUT2D eigenvalue weighted by Gasteiger charge is 2.15. The number of aromatic nitrogens is 1. The Morgan fingerprint density at radius 1 is 1.38 bits per heavy atom. The van der Waals surface area contributed by atoms with E-state index in [4.69, 9.17) is 5.73 Å². The van der Waals surface area contributed by atoms with Crippen molar-refractivity contribution < 1.29 is 0 Å². The van der Waals surface area contributed by atoms with Crippen molar-refractivity contribution in [1.29, 1.82) is 0 Å². The molecule has 4 nitrogen and oxygen atoms in total. The summed E-state index contributed by atoms with van der Waals surface area (Å²) in [4.78, 5) is 4.13. The van der Waals surface area contributed by atoms with Crippen molar-refractivity contribution in [3.8, 4) is 0 Å². The summed E-state index contributed by atoms with van der Waals surface area (Å²) in [6, 6.07) is 4.21. The molecule has 2 heterocycles. The minimum Gasteiger partial charge on any atom is -0.329 e. The van der Waals surface area contributed by atoms with E-state index in [1.165, 1.54) is 19.3 Å². The molecule has 1 aliphatic heterocycles. The van der Waals surface area contributed by atoms with Crippen molar-refractivity contribution in [2.45, 2.75) is 25.3 Å². The molecule has 0 radical (unpaired) electrons. The maximum atomic E-state index is 5.81. The largest absolute Gasteiger partial charge is 0.329 e. The van der Waals surface area contributed by atoms with E-state index in [2.05, 4.69) is 21.5 Å². The van der Waals surface area contributed by atoms with Gasteiger partial charge in [0.15, 0.2) is 0 Å². The summed E-state index contributed by atoms with van der Waals surface area (Å²) in [6.07, 6.45) is 7.57. The van der Waals surface area contributed by atoms with Crippen LogP contribution in [0.3, 0.4) is 0 Å². The molecular weight excluding hydrogens is 200 g/mol. The molecule has 1 fully saturated rings. The van der Waals surface area contributed by atoms with Crippen molar-refractivity contribution in [3.63, 3.8) is 0 Å². The van der Waals surface area contributed by atoms with Crippen LogP contribution < -0.4 is 11.2 Å². The van der Waals surface area contributed by atoms with Gasteiger partial charge in [-0.05, 0) is 24.5 Å². The monoisotopic (exact) mass is 220 g/mol. The smallest absolute Gasteiger partial charge is 0.0602 e. The van der Waals surface area contributed by atoms with Crippen LogP contribution in [0.2, 0.25) is 0 Å². The molecule has 0 aromatic carbocycles. The number of nitrogens with zero attached hydrogens (tertiary/aromatic N) is 2. The highest BCUT2D eigenvalue weighted by molar-refractivity contribution is 5.13. The van der Waals surface area contributed by atoms with E-state index in [0.717, 1.165) is 18.7 Å². The van der Waals surface area contributed by atoms with Gasteiger partial charge in [-0.25, -0.2) is 10.4 Å². The molecule has 1 aromatic heterocycles. The molecule has 3 N–H and O–H groups in total. The first-order valence-corrected chi connectivity index (χ1v) is 6.01. The molecule has 1 atom stereocenters. The van der Waals surface area contributed by atoms with E-state index < -0.39 is 0 Å². The Kier molecular flexibility index (Phi) is 4.27. The molecule has 0 aliphatic carbocycles.